The first kappa shape index (κ1) is 19.1. The Balaban J connectivity index is 0.00000208. The Kier molecular flexibility index (Phi) is 7.40. The second kappa shape index (κ2) is 9.30. The van der Waals surface area contributed by atoms with Crippen molar-refractivity contribution < 1.29 is 4.79 Å². The second-order valence-corrected chi connectivity index (χ2v) is 7.23. The quantitative estimate of drug-likeness (QED) is 0.819. The number of benzene rings is 2. The number of thioether (sulfide) groups is 1. The van der Waals surface area contributed by atoms with E-state index in [0.717, 1.165) is 38.4 Å². The van der Waals surface area contributed by atoms with Gasteiger partial charge in [-0.1, -0.05) is 30.3 Å². The largest absolute Gasteiger partial charge is 0.342 e. The van der Waals surface area contributed by atoms with Gasteiger partial charge in [-0.05, 0) is 55.3 Å². The molecule has 24 heavy (non-hydrogen) atoms. The van der Waals surface area contributed by atoms with E-state index in [4.69, 9.17) is 0 Å². The smallest absolute Gasteiger partial charge is 0.232 e. The molecule has 0 aliphatic carbocycles. The molecule has 1 amide bonds. The number of rotatable bonds is 5. The average molecular weight is 365 g/mol. The van der Waals surface area contributed by atoms with Crippen molar-refractivity contribution >= 4 is 40.8 Å². The highest BCUT2D eigenvalue weighted by molar-refractivity contribution is 8.00. The second-order valence-electron chi connectivity index (χ2n) is 6.18. The van der Waals surface area contributed by atoms with Crippen LogP contribution < -0.4 is 5.32 Å². The third-order valence-corrected chi connectivity index (χ3v) is 5.52. The first-order valence-corrected chi connectivity index (χ1v) is 9.29. The van der Waals surface area contributed by atoms with Crippen LogP contribution in [-0.4, -0.2) is 43.2 Å². The molecule has 0 spiro atoms. The van der Waals surface area contributed by atoms with Crippen LogP contribution in [0, 0.1) is 5.92 Å². The number of carbonyl (C=O) groups is 1. The lowest BCUT2D eigenvalue weighted by molar-refractivity contribution is -0.129. The molecule has 0 aromatic heterocycles. The van der Waals surface area contributed by atoms with Gasteiger partial charge in [0.15, 0.2) is 0 Å². The molecule has 0 bridgehead atoms. The molecule has 1 N–H and O–H groups in total. The summed E-state index contributed by atoms with van der Waals surface area (Å²) in [4.78, 5) is 15.6. The molecular weight excluding hydrogens is 340 g/mol. The maximum absolute atomic E-state index is 12.4. The van der Waals surface area contributed by atoms with Crippen molar-refractivity contribution in [1.29, 1.82) is 0 Å². The van der Waals surface area contributed by atoms with Crippen molar-refractivity contribution in [1.82, 2.24) is 10.2 Å². The number of hydrogen-bond donors (Lipinski definition) is 1. The standard InChI is InChI=1S/C19H24N2OS.ClH/c1-20-13-15-8-10-21(11-9-15)19(22)14-23-18-7-6-16-4-2-3-5-17(16)12-18;/h2-7,12,15,20H,8-11,13-14H2,1H3;1H. The molecule has 1 heterocycles. The highest BCUT2D eigenvalue weighted by atomic mass is 35.5. The van der Waals surface area contributed by atoms with E-state index in [1.165, 1.54) is 15.7 Å². The van der Waals surface area contributed by atoms with Crippen LogP contribution in [0.3, 0.4) is 0 Å². The number of carbonyl (C=O) groups excluding carboxylic acids is 1. The van der Waals surface area contributed by atoms with E-state index in [1.54, 1.807) is 11.8 Å². The summed E-state index contributed by atoms with van der Waals surface area (Å²) in [6.07, 6.45) is 2.24. The summed E-state index contributed by atoms with van der Waals surface area (Å²) in [5, 5.41) is 5.71. The number of piperidine rings is 1. The van der Waals surface area contributed by atoms with E-state index in [0.29, 0.717) is 5.75 Å². The summed E-state index contributed by atoms with van der Waals surface area (Å²) in [7, 11) is 2.00. The molecule has 2 aromatic carbocycles. The fourth-order valence-corrected chi connectivity index (χ4v) is 4.02. The zero-order valence-electron chi connectivity index (χ0n) is 14.0. The van der Waals surface area contributed by atoms with E-state index >= 15 is 0 Å². The third kappa shape index (κ3) is 4.88. The normalized spacial score (nSPS) is 15.3. The summed E-state index contributed by atoms with van der Waals surface area (Å²) >= 11 is 1.64. The molecule has 0 atom stereocenters. The minimum Gasteiger partial charge on any atom is -0.342 e. The van der Waals surface area contributed by atoms with Crippen LogP contribution in [0.25, 0.3) is 10.8 Å². The molecule has 1 saturated heterocycles. The van der Waals surface area contributed by atoms with E-state index in [2.05, 4.69) is 47.8 Å². The van der Waals surface area contributed by atoms with E-state index < -0.39 is 0 Å². The maximum atomic E-state index is 12.4. The predicted octanol–water partition coefficient (Wildman–Crippen LogP) is 3.81. The Morgan fingerprint density at radius 3 is 2.58 bits per heavy atom. The van der Waals surface area contributed by atoms with Crippen molar-refractivity contribution in [2.75, 3.05) is 32.4 Å². The van der Waals surface area contributed by atoms with Crippen LogP contribution in [-0.2, 0) is 4.79 Å². The summed E-state index contributed by atoms with van der Waals surface area (Å²) in [5.74, 6) is 1.53. The topological polar surface area (TPSA) is 32.3 Å². The summed E-state index contributed by atoms with van der Waals surface area (Å²) in [6.45, 7) is 2.88. The number of fused-ring (bicyclic) bond motifs is 1. The number of nitrogens with one attached hydrogen (secondary N) is 1. The molecule has 0 unspecified atom stereocenters. The molecule has 0 radical (unpaired) electrons. The molecule has 1 aliphatic rings. The fraction of sp³-hybridized carbons (Fsp3) is 0.421. The summed E-state index contributed by atoms with van der Waals surface area (Å²) in [6, 6.07) is 14.8. The van der Waals surface area contributed by atoms with Gasteiger partial charge >= 0.3 is 0 Å². The van der Waals surface area contributed by atoms with Crippen molar-refractivity contribution in [3.05, 3.63) is 42.5 Å². The molecule has 130 valence electrons. The van der Waals surface area contributed by atoms with E-state index in [-0.39, 0.29) is 18.3 Å². The van der Waals surface area contributed by atoms with Gasteiger partial charge < -0.3 is 10.2 Å². The fourth-order valence-electron chi connectivity index (χ4n) is 3.17. The monoisotopic (exact) mass is 364 g/mol. The first-order chi connectivity index (χ1) is 11.3. The Bertz CT molecular complexity index is 671. The zero-order chi connectivity index (χ0) is 16.1. The molecular formula is C19H25ClN2OS. The Morgan fingerprint density at radius 1 is 1.17 bits per heavy atom. The first-order valence-electron chi connectivity index (χ1n) is 8.30. The van der Waals surface area contributed by atoms with Gasteiger partial charge in [0.25, 0.3) is 0 Å². The van der Waals surface area contributed by atoms with Crippen LogP contribution in [0.15, 0.2) is 47.4 Å². The van der Waals surface area contributed by atoms with Gasteiger partial charge in [0.1, 0.15) is 0 Å². The van der Waals surface area contributed by atoms with Crippen molar-refractivity contribution in [3.63, 3.8) is 0 Å². The van der Waals surface area contributed by atoms with Gasteiger partial charge in [-0.2, -0.15) is 0 Å². The predicted molar refractivity (Wildman–Crippen MR) is 105 cm³/mol. The van der Waals surface area contributed by atoms with Gasteiger partial charge in [-0.15, -0.1) is 24.2 Å². The highest BCUT2D eigenvalue weighted by Crippen LogP contribution is 2.24. The van der Waals surface area contributed by atoms with Gasteiger partial charge in [0.05, 0.1) is 5.75 Å². The lowest BCUT2D eigenvalue weighted by atomic mass is 9.97. The average Bonchev–Trinajstić information content (AvgIpc) is 2.60. The lowest BCUT2D eigenvalue weighted by Gasteiger charge is -2.31. The SMILES string of the molecule is CNCC1CCN(C(=O)CSc2ccc3ccccc3c2)CC1.Cl. The molecule has 0 saturated carbocycles. The zero-order valence-corrected chi connectivity index (χ0v) is 15.7. The minimum absolute atomic E-state index is 0. The van der Waals surface area contributed by atoms with E-state index in [1.807, 2.05) is 11.9 Å². The summed E-state index contributed by atoms with van der Waals surface area (Å²) in [5.41, 5.74) is 0. The van der Waals surface area contributed by atoms with Crippen LogP contribution in [0.4, 0.5) is 0 Å². The molecule has 2 aromatic rings. The van der Waals surface area contributed by atoms with Gasteiger partial charge in [0.2, 0.25) is 5.91 Å². The molecule has 5 heteroatoms. The van der Waals surface area contributed by atoms with Crippen LogP contribution in [0.1, 0.15) is 12.8 Å². The van der Waals surface area contributed by atoms with Gasteiger partial charge in [0, 0.05) is 18.0 Å². The van der Waals surface area contributed by atoms with E-state index in [9.17, 15) is 4.79 Å². The maximum Gasteiger partial charge on any atom is 0.232 e. The third-order valence-electron chi connectivity index (χ3n) is 4.54. The Hall–Kier alpha value is -1.23. The van der Waals surface area contributed by atoms with Crippen molar-refractivity contribution in [2.45, 2.75) is 17.7 Å². The minimum atomic E-state index is 0. The Morgan fingerprint density at radius 2 is 1.88 bits per heavy atom. The highest BCUT2D eigenvalue weighted by Gasteiger charge is 2.22. The molecule has 3 rings (SSSR count). The van der Waals surface area contributed by atoms with Crippen molar-refractivity contribution in [2.24, 2.45) is 5.92 Å². The molecule has 3 nitrogen and oxygen atoms in total. The summed E-state index contributed by atoms with van der Waals surface area (Å²) < 4.78 is 0. The Labute approximate surface area is 154 Å². The lowest BCUT2D eigenvalue weighted by Crippen LogP contribution is -2.41. The molecule has 1 fully saturated rings. The number of hydrogen-bond acceptors (Lipinski definition) is 3. The van der Waals surface area contributed by atoms with Gasteiger partial charge in [-0.25, -0.2) is 0 Å². The van der Waals surface area contributed by atoms with Crippen LogP contribution >= 0.6 is 24.2 Å². The number of nitrogens with zero attached hydrogens (tertiary/aromatic N) is 1. The van der Waals surface area contributed by atoms with Gasteiger partial charge in [-0.3, -0.25) is 4.79 Å². The number of amides is 1. The number of likely N-dealkylation sites (tertiary alicyclic amines) is 1. The van der Waals surface area contributed by atoms with Crippen LogP contribution in [0.5, 0.6) is 0 Å². The number of halogens is 1. The van der Waals surface area contributed by atoms with Crippen molar-refractivity contribution in [3.8, 4) is 0 Å². The molecule has 1 aliphatic heterocycles. The van der Waals surface area contributed by atoms with Crippen LogP contribution in [0.2, 0.25) is 0 Å².